The van der Waals surface area contributed by atoms with E-state index in [1.54, 1.807) is 42.3 Å². The lowest BCUT2D eigenvalue weighted by molar-refractivity contribution is -0.136. The fourth-order valence-electron chi connectivity index (χ4n) is 7.22. The number of hydrogen-bond donors (Lipinski definition) is 6. The normalized spacial score (nSPS) is 17.6. The number of anilines is 2. The summed E-state index contributed by atoms with van der Waals surface area (Å²) in [6.45, 7) is 8.96. The number of fused-ring (bicyclic) bond motifs is 1. The molecule has 0 spiro atoms. The minimum atomic E-state index is -0.881. The van der Waals surface area contributed by atoms with Crippen molar-refractivity contribution < 1.29 is 34.2 Å². The molecule has 3 aromatic carbocycles. The number of hydrogen-bond acceptors (Lipinski definition) is 10. The molecule has 0 saturated carbocycles. The molecule has 1 atom stereocenters. The molecule has 1 unspecified atom stereocenters. The van der Waals surface area contributed by atoms with Crippen LogP contribution in [0.3, 0.4) is 0 Å². The number of nitrogens with one attached hydrogen (secondary N) is 3. The third-order valence-corrected chi connectivity index (χ3v) is 10.5. The van der Waals surface area contributed by atoms with Crippen molar-refractivity contribution in [3.8, 4) is 11.5 Å². The molecular weight excluding hydrogens is 706 g/mol. The summed E-state index contributed by atoms with van der Waals surface area (Å²) in [7, 11) is 1.72. The summed E-state index contributed by atoms with van der Waals surface area (Å²) in [5.41, 5.74) is 9.25. The zero-order chi connectivity index (χ0) is 39.6. The number of urea groups is 2. The molecule has 0 radical (unpaired) electrons. The van der Waals surface area contributed by atoms with Gasteiger partial charge in [0.15, 0.2) is 0 Å². The van der Waals surface area contributed by atoms with Gasteiger partial charge >= 0.3 is 12.1 Å². The number of carbonyl (C=O) groups is 5. The average Bonchev–Trinajstić information content (AvgIpc) is 3.48. The number of piperazine rings is 1. The summed E-state index contributed by atoms with van der Waals surface area (Å²) < 4.78 is 0. The second kappa shape index (κ2) is 16.2. The van der Waals surface area contributed by atoms with Crippen molar-refractivity contribution in [3.63, 3.8) is 0 Å². The number of piperidine rings is 1. The van der Waals surface area contributed by atoms with E-state index in [2.05, 4.69) is 20.4 Å². The minimum Gasteiger partial charge on any atom is -0.508 e. The van der Waals surface area contributed by atoms with Gasteiger partial charge in [0.05, 0.1) is 11.3 Å². The zero-order valence-corrected chi connectivity index (χ0v) is 31.2. The Labute approximate surface area is 319 Å². The standard InChI is InChI=1S/C39H47N9O7/c1-23(2)27-19-28(33(50)20-32(27)49)35(40)48(38(41)54)25-9-7-24(8-10-25)21-46-17-15-45(16-18-46)14-13-44(3)39(55)42-30-6-4-5-26-29(30)22-47(37(26)53)31-11-12-34(51)43-36(31)52/h4-10,19-20,23,31,40,49-50H,11-18,21-22H2,1-3H3,(H2,41,54)(H,42,55)(H,43,51,52). The molecule has 2 saturated heterocycles. The van der Waals surface area contributed by atoms with Crippen molar-refractivity contribution in [2.24, 2.45) is 5.73 Å². The Bertz CT molecular complexity index is 2010. The number of carbonyl (C=O) groups excluding carboxylic acids is 5. The number of benzene rings is 3. The van der Waals surface area contributed by atoms with Gasteiger partial charge in [-0.1, -0.05) is 32.0 Å². The molecule has 3 aliphatic rings. The van der Waals surface area contributed by atoms with Gasteiger partial charge in [-0.05, 0) is 53.8 Å². The summed E-state index contributed by atoms with van der Waals surface area (Å²) >= 11 is 0. The van der Waals surface area contributed by atoms with Crippen LogP contribution in [0.15, 0.2) is 54.6 Å². The second-order valence-corrected chi connectivity index (χ2v) is 14.5. The van der Waals surface area contributed by atoms with Gasteiger partial charge in [0.25, 0.3) is 5.91 Å². The predicted octanol–water partition coefficient (Wildman–Crippen LogP) is 3.17. The van der Waals surface area contributed by atoms with Gasteiger partial charge < -0.3 is 31.1 Å². The van der Waals surface area contributed by atoms with Gasteiger partial charge in [0.2, 0.25) is 11.8 Å². The number of rotatable bonds is 10. The van der Waals surface area contributed by atoms with Gasteiger partial charge in [-0.25, -0.2) is 14.5 Å². The molecule has 6 rings (SSSR count). The molecule has 16 heteroatoms. The number of aromatic hydroxyl groups is 2. The molecule has 0 aliphatic carbocycles. The maximum Gasteiger partial charge on any atom is 0.325 e. The summed E-state index contributed by atoms with van der Waals surface area (Å²) in [6.07, 6.45) is 0.425. The van der Waals surface area contributed by atoms with Crippen molar-refractivity contribution in [2.75, 3.05) is 56.5 Å². The number of amidine groups is 1. The lowest BCUT2D eigenvalue weighted by Gasteiger charge is -2.35. The summed E-state index contributed by atoms with van der Waals surface area (Å²) in [4.78, 5) is 71.6. The van der Waals surface area contributed by atoms with E-state index in [1.165, 1.54) is 17.0 Å². The number of nitrogens with zero attached hydrogens (tertiary/aromatic N) is 5. The molecule has 0 bridgehead atoms. The van der Waals surface area contributed by atoms with Gasteiger partial charge in [-0.2, -0.15) is 0 Å². The maximum atomic E-state index is 13.2. The second-order valence-electron chi connectivity index (χ2n) is 14.5. The van der Waals surface area contributed by atoms with E-state index in [-0.39, 0.29) is 66.0 Å². The molecule has 7 amide bonds. The first-order valence-corrected chi connectivity index (χ1v) is 18.3. The van der Waals surface area contributed by atoms with Crippen LogP contribution in [0.4, 0.5) is 21.0 Å². The number of phenols is 2. The molecular formula is C39H47N9O7. The first-order valence-electron chi connectivity index (χ1n) is 18.3. The smallest absolute Gasteiger partial charge is 0.325 e. The third kappa shape index (κ3) is 8.39. The molecule has 3 aliphatic heterocycles. The largest absolute Gasteiger partial charge is 0.508 e. The molecule has 0 aromatic heterocycles. The number of nitrogens with two attached hydrogens (primary N) is 1. The van der Waals surface area contributed by atoms with E-state index < -0.39 is 18.0 Å². The summed E-state index contributed by atoms with van der Waals surface area (Å²) in [6, 6.07) is 13.0. The van der Waals surface area contributed by atoms with Crippen LogP contribution in [0, 0.1) is 5.41 Å². The highest BCUT2D eigenvalue weighted by molar-refractivity contribution is 6.22. The maximum absolute atomic E-state index is 13.2. The van der Waals surface area contributed by atoms with Crippen LogP contribution in [-0.4, -0.2) is 118 Å². The average molecular weight is 754 g/mol. The van der Waals surface area contributed by atoms with Crippen LogP contribution in [0.5, 0.6) is 11.5 Å². The van der Waals surface area contributed by atoms with Gasteiger partial charge in [0.1, 0.15) is 23.4 Å². The lowest BCUT2D eigenvalue weighted by Crippen LogP contribution is -2.52. The highest BCUT2D eigenvalue weighted by Gasteiger charge is 2.40. The van der Waals surface area contributed by atoms with Crippen LogP contribution in [0.2, 0.25) is 0 Å². The molecule has 3 heterocycles. The quantitative estimate of drug-likeness (QED) is 0.102. The molecule has 55 heavy (non-hydrogen) atoms. The summed E-state index contributed by atoms with van der Waals surface area (Å²) in [5.74, 6) is -1.95. The van der Waals surface area contributed by atoms with Crippen LogP contribution < -0.4 is 21.3 Å². The first kappa shape index (κ1) is 38.7. The van der Waals surface area contributed by atoms with Crippen LogP contribution >= 0.6 is 0 Å². The fourth-order valence-corrected chi connectivity index (χ4v) is 7.22. The molecule has 290 valence electrons. The Kier molecular flexibility index (Phi) is 11.4. The first-order chi connectivity index (χ1) is 26.2. The Morgan fingerprint density at radius 1 is 1.00 bits per heavy atom. The van der Waals surface area contributed by atoms with Gasteiger partial charge in [-0.15, -0.1) is 0 Å². The highest BCUT2D eigenvalue weighted by atomic mass is 16.3. The summed E-state index contributed by atoms with van der Waals surface area (Å²) in [5, 5.41) is 34.7. The minimum absolute atomic E-state index is 0.0752. The Morgan fingerprint density at radius 2 is 1.69 bits per heavy atom. The van der Waals surface area contributed by atoms with Gasteiger partial charge in [-0.3, -0.25) is 34.9 Å². The fraction of sp³-hybridized carbons (Fsp3) is 0.385. The highest BCUT2D eigenvalue weighted by Crippen LogP contribution is 2.34. The molecule has 3 aromatic rings. The van der Waals surface area contributed by atoms with E-state index in [1.807, 2.05) is 26.0 Å². The van der Waals surface area contributed by atoms with E-state index in [0.29, 0.717) is 47.7 Å². The Hall–Kier alpha value is -6.00. The molecule has 2 fully saturated rings. The zero-order valence-electron chi connectivity index (χ0n) is 31.2. The lowest BCUT2D eigenvalue weighted by atomic mass is 9.98. The van der Waals surface area contributed by atoms with Gasteiger partial charge in [0, 0.05) is 88.7 Å². The number of likely N-dealkylation sites (N-methyl/N-ethyl adjacent to an activating group) is 1. The number of primary amides is 1. The van der Waals surface area contributed by atoms with Crippen molar-refractivity contribution >= 4 is 47.0 Å². The van der Waals surface area contributed by atoms with E-state index in [0.717, 1.165) is 36.6 Å². The number of imide groups is 1. The van der Waals surface area contributed by atoms with E-state index >= 15 is 0 Å². The molecule has 7 N–H and O–H groups in total. The number of amides is 7. The van der Waals surface area contributed by atoms with Crippen molar-refractivity contribution in [3.05, 3.63) is 82.4 Å². The van der Waals surface area contributed by atoms with Crippen molar-refractivity contribution in [1.82, 2.24) is 24.9 Å². The van der Waals surface area contributed by atoms with E-state index in [4.69, 9.17) is 11.1 Å². The van der Waals surface area contributed by atoms with Crippen LogP contribution in [0.25, 0.3) is 0 Å². The SMILES string of the molecule is CC(C)c1cc(C(=N)N(C(N)=O)c2ccc(CN3CCN(CCN(C)C(=O)Nc4cccc5c4CN(C4CCC(=O)NC4=O)C5=O)CC3)cc2)c(O)cc1O. The Morgan fingerprint density at radius 3 is 2.35 bits per heavy atom. The predicted molar refractivity (Wildman–Crippen MR) is 205 cm³/mol. The van der Waals surface area contributed by atoms with Crippen molar-refractivity contribution in [2.45, 2.75) is 51.7 Å². The third-order valence-electron chi connectivity index (χ3n) is 10.5. The van der Waals surface area contributed by atoms with Crippen LogP contribution in [0.1, 0.15) is 65.2 Å². The van der Waals surface area contributed by atoms with Crippen molar-refractivity contribution in [1.29, 1.82) is 5.41 Å². The topological polar surface area (TPSA) is 216 Å². The Balaban J connectivity index is 0.976. The monoisotopic (exact) mass is 753 g/mol. The number of phenolic OH excluding ortho intramolecular Hbond substituents is 2. The molecule has 16 nitrogen and oxygen atoms in total. The van der Waals surface area contributed by atoms with Crippen LogP contribution in [-0.2, 0) is 22.7 Å². The van der Waals surface area contributed by atoms with E-state index in [9.17, 15) is 34.2 Å².